The molecule has 0 unspecified atom stereocenters. The zero-order chi connectivity index (χ0) is 28.2. The van der Waals surface area contributed by atoms with Gasteiger partial charge >= 0.3 is 0 Å². The fourth-order valence-electron chi connectivity index (χ4n) is 4.41. The van der Waals surface area contributed by atoms with E-state index in [4.69, 9.17) is 5.11 Å². The minimum absolute atomic E-state index is 0.0371. The number of piperazine rings is 1. The van der Waals surface area contributed by atoms with E-state index in [1.54, 1.807) is 29.2 Å². The summed E-state index contributed by atoms with van der Waals surface area (Å²) in [4.78, 5) is 43.5. The molecule has 0 bridgehead atoms. The van der Waals surface area contributed by atoms with Crippen molar-refractivity contribution in [2.24, 2.45) is 0 Å². The molecule has 11 nitrogen and oxygen atoms in total. The Morgan fingerprint density at radius 1 is 1.12 bits per heavy atom. The average Bonchev–Trinajstić information content (AvgIpc) is 2.95. The van der Waals surface area contributed by atoms with Gasteiger partial charge < -0.3 is 25.6 Å². The number of nitrogens with one attached hydrogen (secondary N) is 3. The summed E-state index contributed by atoms with van der Waals surface area (Å²) in [6.07, 6.45) is 2.38. The maximum Gasteiger partial charge on any atom is 0.262 e. The van der Waals surface area contributed by atoms with E-state index in [1.807, 2.05) is 0 Å². The Balaban J connectivity index is 1.39. The van der Waals surface area contributed by atoms with Crippen LogP contribution in [0.2, 0.25) is 0 Å². The van der Waals surface area contributed by atoms with Gasteiger partial charge in [0.1, 0.15) is 22.8 Å². The molecule has 2 aromatic carbocycles. The van der Waals surface area contributed by atoms with E-state index in [2.05, 4.69) is 42.0 Å². The Bertz CT molecular complexity index is 1640. The molecule has 1 saturated heterocycles. The highest BCUT2D eigenvalue weighted by Gasteiger charge is 2.21. The van der Waals surface area contributed by atoms with Crippen molar-refractivity contribution in [1.82, 2.24) is 24.8 Å². The molecule has 206 valence electrons. The van der Waals surface area contributed by atoms with Gasteiger partial charge in [0.15, 0.2) is 5.65 Å². The van der Waals surface area contributed by atoms with Crippen molar-refractivity contribution in [1.29, 1.82) is 0 Å². The van der Waals surface area contributed by atoms with Crippen LogP contribution in [0.15, 0.2) is 60.0 Å². The monoisotopic (exact) mass is 548 g/mol. The molecule has 1 amide bonds. The van der Waals surface area contributed by atoms with Crippen LogP contribution in [-0.4, -0.2) is 75.2 Å². The highest BCUT2D eigenvalue weighted by Crippen LogP contribution is 2.28. The van der Waals surface area contributed by atoms with Gasteiger partial charge in [-0.3, -0.25) is 14.5 Å². The largest absolute Gasteiger partial charge is 0.395 e. The first-order valence-electron chi connectivity index (χ1n) is 12.5. The van der Waals surface area contributed by atoms with Crippen LogP contribution in [0.5, 0.6) is 0 Å². The third-order valence-corrected chi connectivity index (χ3v) is 6.46. The lowest BCUT2D eigenvalue weighted by molar-refractivity contribution is -0.111. The van der Waals surface area contributed by atoms with Gasteiger partial charge in [0.25, 0.3) is 5.56 Å². The molecule has 3 heterocycles. The van der Waals surface area contributed by atoms with Gasteiger partial charge in [-0.15, -0.1) is 0 Å². The van der Waals surface area contributed by atoms with Gasteiger partial charge in [-0.2, -0.15) is 4.98 Å². The van der Waals surface area contributed by atoms with Gasteiger partial charge in [-0.05, 0) is 18.2 Å². The molecule has 0 saturated carbocycles. The average molecular weight is 549 g/mol. The van der Waals surface area contributed by atoms with Crippen molar-refractivity contribution in [2.75, 3.05) is 54.9 Å². The van der Waals surface area contributed by atoms with E-state index >= 15 is 8.78 Å². The van der Waals surface area contributed by atoms with Crippen LogP contribution in [-0.2, 0) is 4.79 Å². The first-order valence-corrected chi connectivity index (χ1v) is 12.5. The molecule has 4 N–H and O–H groups in total. The second-order valence-corrected chi connectivity index (χ2v) is 9.08. The number of β-amino-alcohol motifs (C(OH)–C–C–N with tert-alkyl or cyclic N) is 1. The predicted molar refractivity (Wildman–Crippen MR) is 148 cm³/mol. The van der Waals surface area contributed by atoms with Crippen molar-refractivity contribution in [3.63, 3.8) is 0 Å². The Morgan fingerprint density at radius 2 is 1.93 bits per heavy atom. The highest BCUT2D eigenvalue weighted by molar-refractivity contribution is 5.99. The van der Waals surface area contributed by atoms with Crippen molar-refractivity contribution in [3.8, 4) is 11.4 Å². The molecule has 0 spiro atoms. The van der Waals surface area contributed by atoms with E-state index in [1.165, 1.54) is 6.20 Å². The number of H-pyrrole nitrogens is 1. The lowest BCUT2D eigenvalue weighted by Crippen LogP contribution is -2.47. The van der Waals surface area contributed by atoms with Crippen LogP contribution in [0.4, 0.5) is 31.8 Å². The smallest absolute Gasteiger partial charge is 0.262 e. The number of hydrogen-bond donors (Lipinski definition) is 4. The van der Waals surface area contributed by atoms with Crippen molar-refractivity contribution < 1.29 is 18.7 Å². The topological polar surface area (TPSA) is 139 Å². The molecule has 0 radical (unpaired) electrons. The van der Waals surface area contributed by atoms with Gasteiger partial charge in [0, 0.05) is 62.3 Å². The number of rotatable bonds is 8. The minimum atomic E-state index is -0.698. The number of benzene rings is 2. The standard InChI is InChI=1S/C27H26F2N8O3/c1-2-23(39)31-17-5-3-4-16(12-17)24-33-25-18(26(40)34-24)15-30-27(35-25)32-21-13-20(29)22(14-19(21)28)37-8-6-36(7-9-37)10-11-38/h2-5,12-15,38H,1,6-11H2,(H,31,39)(H2,30,32,33,34,35,40). The Labute approximate surface area is 227 Å². The summed E-state index contributed by atoms with van der Waals surface area (Å²) in [5, 5.41) is 14.5. The Hall–Kier alpha value is -4.75. The van der Waals surface area contributed by atoms with Crippen LogP contribution in [0.1, 0.15) is 0 Å². The maximum absolute atomic E-state index is 15.0. The summed E-state index contributed by atoms with van der Waals surface area (Å²) in [5.74, 6) is -1.58. The van der Waals surface area contributed by atoms with E-state index in [9.17, 15) is 9.59 Å². The zero-order valence-electron chi connectivity index (χ0n) is 21.3. The second kappa shape index (κ2) is 11.6. The quantitative estimate of drug-likeness (QED) is 0.245. The molecular formula is C27H26F2N8O3. The summed E-state index contributed by atoms with van der Waals surface area (Å²) in [6, 6.07) is 8.83. The Morgan fingerprint density at radius 3 is 2.67 bits per heavy atom. The molecule has 4 aromatic rings. The number of amides is 1. The molecule has 0 aliphatic carbocycles. The number of aromatic amines is 1. The lowest BCUT2D eigenvalue weighted by Gasteiger charge is -2.36. The number of carbonyl (C=O) groups excluding carboxylic acids is 1. The first kappa shape index (κ1) is 26.8. The number of aliphatic hydroxyl groups is 1. The molecule has 2 aromatic heterocycles. The van der Waals surface area contributed by atoms with Gasteiger partial charge in [0.2, 0.25) is 11.9 Å². The van der Waals surface area contributed by atoms with Gasteiger partial charge in [-0.25, -0.2) is 18.7 Å². The maximum atomic E-state index is 15.0. The zero-order valence-corrected chi connectivity index (χ0v) is 21.3. The molecule has 13 heteroatoms. The molecule has 0 atom stereocenters. The Kier molecular flexibility index (Phi) is 7.75. The SMILES string of the molecule is C=CC(=O)Nc1cccc(-c2nc3nc(Nc4cc(F)c(N5CCN(CCO)CC5)cc4F)ncc3c(=O)[nH]2)c1. The number of hydrogen-bond acceptors (Lipinski definition) is 9. The van der Waals surface area contributed by atoms with Crippen LogP contribution in [0.3, 0.4) is 0 Å². The summed E-state index contributed by atoms with van der Waals surface area (Å²) in [6.45, 7) is 6.28. The number of aromatic nitrogens is 4. The minimum Gasteiger partial charge on any atom is -0.395 e. The molecular weight excluding hydrogens is 522 g/mol. The summed E-state index contributed by atoms with van der Waals surface area (Å²) < 4.78 is 30.0. The lowest BCUT2D eigenvalue weighted by atomic mass is 10.2. The summed E-state index contributed by atoms with van der Waals surface area (Å²) in [7, 11) is 0. The number of nitrogens with zero attached hydrogens (tertiary/aromatic N) is 5. The molecule has 40 heavy (non-hydrogen) atoms. The first-order chi connectivity index (χ1) is 19.3. The van der Waals surface area contributed by atoms with E-state index < -0.39 is 23.1 Å². The van der Waals surface area contributed by atoms with Crippen LogP contribution in [0, 0.1) is 11.6 Å². The number of aliphatic hydroxyl groups excluding tert-OH is 1. The van der Waals surface area contributed by atoms with Gasteiger partial charge in [0.05, 0.1) is 18.0 Å². The molecule has 5 rings (SSSR count). The van der Waals surface area contributed by atoms with Crippen LogP contribution < -0.4 is 21.1 Å². The van der Waals surface area contributed by atoms with Crippen molar-refractivity contribution in [3.05, 3.63) is 77.2 Å². The summed E-state index contributed by atoms with van der Waals surface area (Å²) >= 11 is 0. The third-order valence-electron chi connectivity index (χ3n) is 6.46. The molecule has 1 aliphatic heterocycles. The number of halogens is 2. The van der Waals surface area contributed by atoms with Crippen LogP contribution in [0.25, 0.3) is 22.4 Å². The third kappa shape index (κ3) is 5.80. The van der Waals surface area contributed by atoms with E-state index in [-0.39, 0.29) is 40.8 Å². The van der Waals surface area contributed by atoms with E-state index in [0.717, 1.165) is 18.2 Å². The summed E-state index contributed by atoms with van der Waals surface area (Å²) in [5.41, 5.74) is 0.506. The molecule has 1 fully saturated rings. The normalized spacial score (nSPS) is 13.8. The number of carbonyl (C=O) groups is 1. The van der Waals surface area contributed by atoms with Gasteiger partial charge in [-0.1, -0.05) is 18.7 Å². The highest BCUT2D eigenvalue weighted by atomic mass is 19.1. The van der Waals surface area contributed by atoms with Crippen molar-refractivity contribution >= 4 is 40.0 Å². The van der Waals surface area contributed by atoms with Crippen molar-refractivity contribution in [2.45, 2.75) is 0 Å². The van der Waals surface area contributed by atoms with Crippen LogP contribution >= 0.6 is 0 Å². The number of fused-ring (bicyclic) bond motifs is 1. The van der Waals surface area contributed by atoms with E-state index in [0.29, 0.717) is 44.0 Å². The molecule has 1 aliphatic rings. The fourth-order valence-corrected chi connectivity index (χ4v) is 4.41. The fraction of sp³-hybridized carbons (Fsp3) is 0.222. The second-order valence-electron chi connectivity index (χ2n) is 9.08. The predicted octanol–water partition coefficient (Wildman–Crippen LogP) is 2.64. The number of anilines is 4.